The van der Waals surface area contributed by atoms with Crippen LogP contribution in [-0.4, -0.2) is 50.2 Å². The van der Waals surface area contributed by atoms with E-state index in [2.05, 4.69) is 10.2 Å². The number of piperazine rings is 1. The third kappa shape index (κ3) is 5.04. The monoisotopic (exact) mass is 380 g/mol. The standard InChI is InChI=1S/C22H25N3O3/c1-16(26)18-6-8-21(9-7-18)25-12-10-24(11-13-25)15-22(28)23-20-5-3-4-19(14-20)17(2)27/h3-9,14H,10-13,15H2,1-2H3,(H,23,28)/p+1. The summed E-state index contributed by atoms with van der Waals surface area (Å²) in [5, 5.41) is 2.89. The van der Waals surface area contributed by atoms with Gasteiger partial charge < -0.3 is 15.1 Å². The Hall–Kier alpha value is -2.99. The summed E-state index contributed by atoms with van der Waals surface area (Å²) < 4.78 is 0. The highest BCUT2D eigenvalue weighted by atomic mass is 16.2. The first-order valence-corrected chi connectivity index (χ1v) is 9.53. The van der Waals surface area contributed by atoms with Crippen LogP contribution in [0.5, 0.6) is 0 Å². The Labute approximate surface area is 165 Å². The van der Waals surface area contributed by atoms with Gasteiger partial charge in [-0.05, 0) is 50.2 Å². The normalized spacial score (nSPS) is 14.6. The number of carbonyl (C=O) groups is 3. The van der Waals surface area contributed by atoms with Gasteiger partial charge in [-0.3, -0.25) is 14.4 Å². The van der Waals surface area contributed by atoms with E-state index < -0.39 is 0 Å². The molecule has 28 heavy (non-hydrogen) atoms. The molecule has 6 nitrogen and oxygen atoms in total. The number of rotatable bonds is 6. The predicted octanol–water partition coefficient (Wildman–Crippen LogP) is 1.44. The van der Waals surface area contributed by atoms with Crippen LogP contribution in [0.4, 0.5) is 11.4 Å². The number of amides is 1. The van der Waals surface area contributed by atoms with Gasteiger partial charge in [-0.25, -0.2) is 0 Å². The van der Waals surface area contributed by atoms with Gasteiger partial charge in [-0.2, -0.15) is 0 Å². The molecule has 3 rings (SSSR count). The van der Waals surface area contributed by atoms with E-state index in [1.807, 2.05) is 24.3 Å². The molecule has 0 radical (unpaired) electrons. The molecular weight excluding hydrogens is 354 g/mol. The van der Waals surface area contributed by atoms with Gasteiger partial charge >= 0.3 is 0 Å². The summed E-state index contributed by atoms with van der Waals surface area (Å²) in [5.74, 6) is 0.00445. The lowest BCUT2D eigenvalue weighted by Crippen LogP contribution is -3.15. The van der Waals surface area contributed by atoms with Crippen molar-refractivity contribution in [3.05, 3.63) is 59.7 Å². The lowest BCUT2D eigenvalue weighted by molar-refractivity contribution is -0.892. The highest BCUT2D eigenvalue weighted by Crippen LogP contribution is 2.15. The first-order valence-electron chi connectivity index (χ1n) is 9.53. The lowest BCUT2D eigenvalue weighted by atomic mass is 10.1. The smallest absolute Gasteiger partial charge is 0.279 e. The zero-order valence-corrected chi connectivity index (χ0v) is 16.3. The number of ketones is 2. The molecule has 1 heterocycles. The van der Waals surface area contributed by atoms with E-state index in [1.54, 1.807) is 31.2 Å². The van der Waals surface area contributed by atoms with Gasteiger partial charge in [0.2, 0.25) is 0 Å². The fraction of sp³-hybridized carbons (Fsp3) is 0.318. The fourth-order valence-electron chi connectivity index (χ4n) is 3.41. The second-order valence-electron chi connectivity index (χ2n) is 7.20. The van der Waals surface area contributed by atoms with Gasteiger partial charge in [-0.1, -0.05) is 12.1 Å². The van der Waals surface area contributed by atoms with E-state index in [1.165, 1.54) is 11.8 Å². The number of hydrogen-bond donors (Lipinski definition) is 2. The second-order valence-corrected chi connectivity index (χ2v) is 7.20. The Balaban J connectivity index is 1.50. The molecule has 1 aliphatic rings. The predicted molar refractivity (Wildman–Crippen MR) is 109 cm³/mol. The number of carbonyl (C=O) groups excluding carboxylic acids is 3. The van der Waals surface area contributed by atoms with Crippen molar-refractivity contribution in [2.75, 3.05) is 42.9 Å². The van der Waals surface area contributed by atoms with Crippen molar-refractivity contribution in [2.45, 2.75) is 13.8 Å². The maximum atomic E-state index is 12.4. The van der Waals surface area contributed by atoms with Gasteiger partial charge in [0.05, 0.1) is 26.2 Å². The van der Waals surface area contributed by atoms with Gasteiger partial charge in [0.1, 0.15) is 0 Å². The van der Waals surface area contributed by atoms with Crippen molar-refractivity contribution in [2.24, 2.45) is 0 Å². The summed E-state index contributed by atoms with van der Waals surface area (Å²) in [6.45, 7) is 6.95. The third-order valence-electron chi connectivity index (χ3n) is 5.07. The maximum Gasteiger partial charge on any atom is 0.279 e. The summed E-state index contributed by atoms with van der Waals surface area (Å²) >= 11 is 0. The molecule has 0 bridgehead atoms. The van der Waals surface area contributed by atoms with Crippen molar-refractivity contribution < 1.29 is 19.3 Å². The van der Waals surface area contributed by atoms with Gasteiger partial charge in [0.25, 0.3) is 5.91 Å². The first kappa shape index (κ1) is 19.8. The molecule has 0 unspecified atom stereocenters. The van der Waals surface area contributed by atoms with Crippen LogP contribution in [0.1, 0.15) is 34.6 Å². The Kier molecular flexibility index (Phi) is 6.21. The molecule has 146 valence electrons. The summed E-state index contributed by atoms with van der Waals surface area (Å²) in [7, 11) is 0. The van der Waals surface area contributed by atoms with Crippen LogP contribution in [0.3, 0.4) is 0 Å². The van der Waals surface area contributed by atoms with Crippen molar-refractivity contribution in [1.29, 1.82) is 0 Å². The van der Waals surface area contributed by atoms with Gasteiger partial charge in [-0.15, -0.1) is 0 Å². The van der Waals surface area contributed by atoms with Crippen molar-refractivity contribution in [3.63, 3.8) is 0 Å². The topological polar surface area (TPSA) is 70.9 Å². The van der Waals surface area contributed by atoms with E-state index in [9.17, 15) is 14.4 Å². The van der Waals surface area contributed by atoms with Crippen molar-refractivity contribution >= 4 is 28.8 Å². The van der Waals surface area contributed by atoms with E-state index >= 15 is 0 Å². The van der Waals surface area contributed by atoms with Gasteiger partial charge in [0.15, 0.2) is 18.1 Å². The van der Waals surface area contributed by atoms with E-state index in [4.69, 9.17) is 0 Å². The Morgan fingerprint density at radius 1 is 0.929 bits per heavy atom. The molecule has 2 N–H and O–H groups in total. The Morgan fingerprint density at radius 3 is 2.18 bits per heavy atom. The number of Topliss-reactive ketones (excluding diaryl/α,β-unsaturated/α-hetero) is 2. The first-order chi connectivity index (χ1) is 13.4. The van der Waals surface area contributed by atoms with Crippen LogP contribution in [0.15, 0.2) is 48.5 Å². The number of anilines is 2. The van der Waals surface area contributed by atoms with Crippen molar-refractivity contribution in [1.82, 2.24) is 0 Å². The molecule has 2 aromatic rings. The highest BCUT2D eigenvalue weighted by Gasteiger charge is 2.22. The van der Waals surface area contributed by atoms with Crippen molar-refractivity contribution in [3.8, 4) is 0 Å². The quantitative estimate of drug-likeness (QED) is 0.744. The molecule has 1 fully saturated rings. The largest absolute Gasteiger partial charge is 0.360 e. The fourth-order valence-corrected chi connectivity index (χ4v) is 3.41. The SMILES string of the molecule is CC(=O)c1ccc(N2CC[NH+](CC(=O)Nc3cccc(C(C)=O)c3)CC2)cc1. The van der Waals surface area contributed by atoms with Crippen LogP contribution in [0.25, 0.3) is 0 Å². The number of nitrogens with one attached hydrogen (secondary N) is 2. The van der Waals surface area contributed by atoms with Crippen LogP contribution < -0.4 is 15.1 Å². The number of hydrogen-bond acceptors (Lipinski definition) is 4. The average Bonchev–Trinajstić information content (AvgIpc) is 2.68. The maximum absolute atomic E-state index is 12.4. The minimum Gasteiger partial charge on any atom is -0.360 e. The molecular formula is C22H26N3O3+. The van der Waals surface area contributed by atoms with E-state index in [-0.39, 0.29) is 17.5 Å². The third-order valence-corrected chi connectivity index (χ3v) is 5.07. The summed E-state index contributed by atoms with van der Waals surface area (Å²) in [6, 6.07) is 14.7. The summed E-state index contributed by atoms with van der Waals surface area (Å²) in [5.41, 5.74) is 3.07. The zero-order valence-electron chi connectivity index (χ0n) is 16.3. The molecule has 0 aromatic heterocycles. The lowest BCUT2D eigenvalue weighted by Gasteiger charge is -2.33. The van der Waals surface area contributed by atoms with Gasteiger partial charge in [0, 0.05) is 22.5 Å². The number of quaternary nitrogens is 1. The van der Waals surface area contributed by atoms with Crippen LogP contribution in [0.2, 0.25) is 0 Å². The number of nitrogens with zero attached hydrogens (tertiary/aromatic N) is 1. The summed E-state index contributed by atoms with van der Waals surface area (Å²) in [6.07, 6.45) is 0. The number of benzene rings is 2. The van der Waals surface area contributed by atoms with Crippen LogP contribution in [0, 0.1) is 0 Å². The molecule has 0 saturated carbocycles. The Morgan fingerprint density at radius 2 is 1.57 bits per heavy atom. The molecule has 1 amide bonds. The minimum atomic E-state index is -0.0463. The van der Waals surface area contributed by atoms with Crippen LogP contribution >= 0.6 is 0 Å². The minimum absolute atomic E-state index is 0.0193. The Bertz CT molecular complexity index is 869. The molecule has 6 heteroatoms. The molecule has 1 aliphatic heterocycles. The molecule has 1 saturated heterocycles. The molecule has 0 aliphatic carbocycles. The van der Waals surface area contributed by atoms with Crippen LogP contribution in [-0.2, 0) is 4.79 Å². The second kappa shape index (κ2) is 8.80. The highest BCUT2D eigenvalue weighted by molar-refractivity contribution is 5.97. The molecule has 0 atom stereocenters. The zero-order chi connectivity index (χ0) is 20.1. The molecule has 2 aromatic carbocycles. The van der Waals surface area contributed by atoms with E-state index in [0.717, 1.165) is 37.4 Å². The summed E-state index contributed by atoms with van der Waals surface area (Å²) in [4.78, 5) is 38.7. The van der Waals surface area contributed by atoms with E-state index in [0.29, 0.717) is 17.8 Å². The average molecular weight is 380 g/mol. The molecule has 0 spiro atoms.